The molecule has 1 saturated heterocycles. The molecule has 1 aliphatic heterocycles. The van der Waals surface area contributed by atoms with Gasteiger partial charge in [0.05, 0.1) is 7.11 Å². The quantitative estimate of drug-likeness (QED) is 0.518. The van der Waals surface area contributed by atoms with Crippen molar-refractivity contribution in [2.24, 2.45) is 5.92 Å². The fourth-order valence-corrected chi connectivity index (χ4v) is 1.75. The highest BCUT2D eigenvalue weighted by molar-refractivity contribution is 5.94. The number of ether oxygens (including phenoxy) is 2. The van der Waals surface area contributed by atoms with Crippen LogP contribution < -0.4 is 0 Å². The topological polar surface area (TPSA) is 55.8 Å². The maximum atomic E-state index is 11.6. The monoisotopic (exact) mass is 229 g/mol. The van der Waals surface area contributed by atoms with Gasteiger partial charge in [-0.05, 0) is 18.8 Å². The maximum Gasteiger partial charge on any atom is 0.315 e. The predicted molar refractivity (Wildman–Crippen MR) is 57.8 cm³/mol. The van der Waals surface area contributed by atoms with Gasteiger partial charge in [0.25, 0.3) is 0 Å². The SMILES string of the molecule is COC(=O)CC(=O)N(C)CC1CCOCC1. The lowest BCUT2D eigenvalue weighted by Gasteiger charge is -2.26. The van der Waals surface area contributed by atoms with Crippen molar-refractivity contribution in [3.8, 4) is 0 Å². The standard InChI is InChI=1S/C11H19NO4/c1-12(10(13)7-11(14)15-2)8-9-3-5-16-6-4-9/h9H,3-8H2,1-2H3. The van der Waals surface area contributed by atoms with E-state index in [0.717, 1.165) is 26.1 Å². The summed E-state index contributed by atoms with van der Waals surface area (Å²) in [7, 11) is 3.01. The zero-order chi connectivity index (χ0) is 12.0. The summed E-state index contributed by atoms with van der Waals surface area (Å²) in [6.07, 6.45) is 1.79. The van der Waals surface area contributed by atoms with Crippen LogP contribution in [0.5, 0.6) is 0 Å². The van der Waals surface area contributed by atoms with E-state index in [0.29, 0.717) is 12.5 Å². The summed E-state index contributed by atoms with van der Waals surface area (Å²) in [4.78, 5) is 24.1. The molecule has 1 amide bonds. The van der Waals surface area contributed by atoms with Gasteiger partial charge in [-0.15, -0.1) is 0 Å². The Balaban J connectivity index is 2.29. The second kappa shape index (κ2) is 6.48. The molecule has 16 heavy (non-hydrogen) atoms. The van der Waals surface area contributed by atoms with E-state index in [9.17, 15) is 9.59 Å². The molecule has 0 atom stereocenters. The Morgan fingerprint density at radius 3 is 2.56 bits per heavy atom. The normalized spacial score (nSPS) is 16.9. The first-order valence-electron chi connectivity index (χ1n) is 5.52. The van der Waals surface area contributed by atoms with E-state index in [1.807, 2.05) is 0 Å². The Kier molecular flexibility index (Phi) is 5.25. The fraction of sp³-hybridized carbons (Fsp3) is 0.818. The molecule has 0 aromatic heterocycles. The second-order valence-corrected chi connectivity index (χ2v) is 4.08. The zero-order valence-corrected chi connectivity index (χ0v) is 9.90. The minimum atomic E-state index is -0.483. The molecule has 1 fully saturated rings. The number of nitrogens with zero attached hydrogens (tertiary/aromatic N) is 1. The summed E-state index contributed by atoms with van der Waals surface area (Å²) in [6, 6.07) is 0. The smallest absolute Gasteiger partial charge is 0.315 e. The van der Waals surface area contributed by atoms with Crippen molar-refractivity contribution in [3.05, 3.63) is 0 Å². The molecular formula is C11H19NO4. The average molecular weight is 229 g/mol. The van der Waals surface area contributed by atoms with Crippen LogP contribution in [0.15, 0.2) is 0 Å². The van der Waals surface area contributed by atoms with Gasteiger partial charge in [0.2, 0.25) is 5.91 Å². The first kappa shape index (κ1) is 13.0. The van der Waals surface area contributed by atoms with Crippen molar-refractivity contribution in [2.75, 3.05) is 33.9 Å². The van der Waals surface area contributed by atoms with E-state index in [4.69, 9.17) is 4.74 Å². The number of carbonyl (C=O) groups excluding carboxylic acids is 2. The van der Waals surface area contributed by atoms with Crippen LogP contribution in [0.2, 0.25) is 0 Å². The first-order chi connectivity index (χ1) is 7.63. The number of esters is 1. The molecule has 1 heterocycles. The van der Waals surface area contributed by atoms with Gasteiger partial charge in [-0.1, -0.05) is 0 Å². The molecule has 0 spiro atoms. The summed E-state index contributed by atoms with van der Waals surface area (Å²) in [6.45, 7) is 2.23. The summed E-state index contributed by atoms with van der Waals surface area (Å²) in [5.74, 6) is -0.178. The van der Waals surface area contributed by atoms with E-state index >= 15 is 0 Å². The van der Waals surface area contributed by atoms with Gasteiger partial charge in [-0.2, -0.15) is 0 Å². The van der Waals surface area contributed by atoms with Gasteiger partial charge in [0, 0.05) is 26.8 Å². The average Bonchev–Trinajstić information content (AvgIpc) is 2.30. The molecule has 1 aliphatic rings. The minimum absolute atomic E-state index is 0.170. The number of hydrogen-bond donors (Lipinski definition) is 0. The van der Waals surface area contributed by atoms with Crippen LogP contribution in [-0.2, 0) is 19.1 Å². The van der Waals surface area contributed by atoms with Gasteiger partial charge < -0.3 is 14.4 Å². The number of hydrogen-bond acceptors (Lipinski definition) is 4. The zero-order valence-electron chi connectivity index (χ0n) is 9.90. The molecule has 5 nitrogen and oxygen atoms in total. The Hall–Kier alpha value is -1.10. The lowest BCUT2D eigenvalue weighted by atomic mass is 10.00. The lowest BCUT2D eigenvalue weighted by molar-refractivity contribution is -0.146. The molecule has 1 rings (SSSR count). The van der Waals surface area contributed by atoms with Gasteiger partial charge in [0.1, 0.15) is 6.42 Å². The van der Waals surface area contributed by atoms with Gasteiger partial charge in [-0.3, -0.25) is 9.59 Å². The Bertz CT molecular complexity index is 248. The summed E-state index contributed by atoms with van der Waals surface area (Å²) in [5, 5.41) is 0. The number of rotatable bonds is 4. The van der Waals surface area contributed by atoms with Crippen molar-refractivity contribution >= 4 is 11.9 Å². The van der Waals surface area contributed by atoms with Crippen LogP contribution in [0.4, 0.5) is 0 Å². The van der Waals surface area contributed by atoms with Crippen molar-refractivity contribution in [1.82, 2.24) is 4.90 Å². The highest BCUT2D eigenvalue weighted by Gasteiger charge is 2.20. The first-order valence-corrected chi connectivity index (χ1v) is 5.52. The number of amides is 1. The van der Waals surface area contributed by atoms with E-state index in [2.05, 4.69) is 4.74 Å². The van der Waals surface area contributed by atoms with Crippen LogP contribution in [0.1, 0.15) is 19.3 Å². The highest BCUT2D eigenvalue weighted by atomic mass is 16.5. The molecular weight excluding hydrogens is 210 g/mol. The maximum absolute atomic E-state index is 11.6. The minimum Gasteiger partial charge on any atom is -0.469 e. The van der Waals surface area contributed by atoms with E-state index in [-0.39, 0.29) is 12.3 Å². The number of methoxy groups -OCH3 is 1. The van der Waals surface area contributed by atoms with E-state index in [1.54, 1.807) is 11.9 Å². The Morgan fingerprint density at radius 2 is 2.00 bits per heavy atom. The molecule has 92 valence electrons. The van der Waals surface area contributed by atoms with Gasteiger partial charge >= 0.3 is 5.97 Å². The van der Waals surface area contributed by atoms with Gasteiger partial charge in [0.15, 0.2) is 0 Å². The summed E-state index contributed by atoms with van der Waals surface area (Å²) >= 11 is 0. The molecule has 0 unspecified atom stereocenters. The predicted octanol–water partition coefficient (Wildman–Crippen LogP) is 0.434. The van der Waals surface area contributed by atoms with Crippen molar-refractivity contribution in [1.29, 1.82) is 0 Å². The largest absolute Gasteiger partial charge is 0.469 e. The second-order valence-electron chi connectivity index (χ2n) is 4.08. The van der Waals surface area contributed by atoms with Crippen molar-refractivity contribution in [3.63, 3.8) is 0 Å². The molecule has 0 aliphatic carbocycles. The van der Waals surface area contributed by atoms with Crippen LogP contribution in [0.25, 0.3) is 0 Å². The van der Waals surface area contributed by atoms with Crippen LogP contribution >= 0.6 is 0 Å². The lowest BCUT2D eigenvalue weighted by Crippen LogP contribution is -2.35. The molecule has 0 saturated carbocycles. The molecule has 0 aromatic carbocycles. The van der Waals surface area contributed by atoms with Crippen molar-refractivity contribution < 1.29 is 19.1 Å². The summed E-state index contributed by atoms with van der Waals surface area (Å²) < 4.78 is 9.70. The third-order valence-corrected chi connectivity index (χ3v) is 2.82. The fourth-order valence-electron chi connectivity index (χ4n) is 1.75. The Morgan fingerprint density at radius 1 is 1.38 bits per heavy atom. The van der Waals surface area contributed by atoms with E-state index in [1.165, 1.54) is 7.11 Å². The third kappa shape index (κ3) is 4.18. The van der Waals surface area contributed by atoms with Crippen molar-refractivity contribution in [2.45, 2.75) is 19.3 Å². The van der Waals surface area contributed by atoms with Crippen LogP contribution in [0, 0.1) is 5.92 Å². The molecule has 5 heteroatoms. The molecule has 0 radical (unpaired) electrons. The molecule has 0 N–H and O–H groups in total. The summed E-state index contributed by atoms with van der Waals surface area (Å²) in [5.41, 5.74) is 0. The molecule has 0 bridgehead atoms. The van der Waals surface area contributed by atoms with Crippen LogP contribution in [0.3, 0.4) is 0 Å². The van der Waals surface area contributed by atoms with Gasteiger partial charge in [-0.25, -0.2) is 0 Å². The highest BCUT2D eigenvalue weighted by Crippen LogP contribution is 2.15. The molecule has 0 aromatic rings. The van der Waals surface area contributed by atoms with Crippen LogP contribution in [-0.4, -0.2) is 50.7 Å². The Labute approximate surface area is 95.7 Å². The number of carbonyl (C=O) groups is 2. The van der Waals surface area contributed by atoms with E-state index < -0.39 is 5.97 Å². The third-order valence-electron chi connectivity index (χ3n) is 2.82.